The molecular formula is C14H12Cl2O5. The van der Waals surface area contributed by atoms with E-state index in [1.54, 1.807) is 6.92 Å². The van der Waals surface area contributed by atoms with Crippen molar-refractivity contribution in [2.45, 2.75) is 13.3 Å². The Hall–Kier alpha value is -1.59. The molecule has 1 aliphatic heterocycles. The molecule has 0 radical (unpaired) electrons. The third-order valence-electron chi connectivity index (χ3n) is 3.06. The van der Waals surface area contributed by atoms with Crippen molar-refractivity contribution in [3.05, 3.63) is 27.7 Å². The summed E-state index contributed by atoms with van der Waals surface area (Å²) in [6, 6.07) is 2.77. The van der Waals surface area contributed by atoms with Crippen LogP contribution in [0, 0.1) is 5.92 Å². The molecule has 7 heteroatoms. The van der Waals surface area contributed by atoms with Gasteiger partial charge in [-0.15, -0.1) is 0 Å². The summed E-state index contributed by atoms with van der Waals surface area (Å²) in [5, 5.41) is 0.426. The predicted octanol–water partition coefficient (Wildman–Crippen LogP) is 2.71. The van der Waals surface area contributed by atoms with Crippen molar-refractivity contribution in [3.8, 4) is 5.75 Å². The van der Waals surface area contributed by atoms with Crippen LogP contribution < -0.4 is 4.74 Å². The Labute approximate surface area is 131 Å². The predicted molar refractivity (Wildman–Crippen MR) is 76.0 cm³/mol. The molecule has 5 nitrogen and oxygen atoms in total. The number of hydrogen-bond donors (Lipinski definition) is 0. The molecule has 1 aromatic rings. The van der Waals surface area contributed by atoms with Crippen LogP contribution in [-0.4, -0.2) is 30.7 Å². The Morgan fingerprint density at radius 3 is 2.67 bits per heavy atom. The largest absolute Gasteiger partial charge is 0.493 e. The molecule has 0 saturated carbocycles. The second kappa shape index (κ2) is 6.45. The molecular weight excluding hydrogens is 319 g/mol. The van der Waals surface area contributed by atoms with Gasteiger partial charge in [-0.3, -0.25) is 9.59 Å². The molecule has 0 fully saturated rings. The Morgan fingerprint density at radius 2 is 2.00 bits per heavy atom. The van der Waals surface area contributed by atoms with E-state index in [9.17, 15) is 14.4 Å². The lowest BCUT2D eigenvalue weighted by atomic mass is 9.91. The minimum atomic E-state index is -1.12. The fraction of sp³-hybridized carbons (Fsp3) is 0.357. The Morgan fingerprint density at radius 1 is 1.33 bits per heavy atom. The lowest BCUT2D eigenvalue weighted by molar-refractivity contribution is -0.154. The minimum Gasteiger partial charge on any atom is -0.493 e. The van der Waals surface area contributed by atoms with Gasteiger partial charge in [0.05, 0.1) is 34.7 Å². The summed E-state index contributed by atoms with van der Waals surface area (Å²) in [6.07, 6.45) is 0.0976. The van der Waals surface area contributed by atoms with Gasteiger partial charge >= 0.3 is 5.97 Å². The van der Waals surface area contributed by atoms with E-state index < -0.39 is 23.5 Å². The summed E-state index contributed by atoms with van der Waals surface area (Å²) in [4.78, 5) is 36.0. The van der Waals surface area contributed by atoms with Crippen LogP contribution in [0.5, 0.6) is 5.75 Å². The van der Waals surface area contributed by atoms with Crippen molar-refractivity contribution >= 4 is 40.7 Å². The SMILES string of the molecule is CCOC(=O)C(=O)C1CCOc2cc(Cl)c(Cl)cc2C1=O. The first-order chi connectivity index (χ1) is 9.95. The molecule has 21 heavy (non-hydrogen) atoms. The smallest absolute Gasteiger partial charge is 0.375 e. The van der Waals surface area contributed by atoms with Crippen molar-refractivity contribution < 1.29 is 23.9 Å². The molecule has 1 heterocycles. The van der Waals surface area contributed by atoms with Crippen LogP contribution in [0.15, 0.2) is 12.1 Å². The van der Waals surface area contributed by atoms with Crippen molar-refractivity contribution in [1.82, 2.24) is 0 Å². The van der Waals surface area contributed by atoms with Gasteiger partial charge in [-0.05, 0) is 19.4 Å². The maximum absolute atomic E-state index is 12.4. The molecule has 0 bridgehead atoms. The van der Waals surface area contributed by atoms with Gasteiger partial charge in [-0.2, -0.15) is 0 Å². The molecule has 0 aromatic heterocycles. The second-order valence-electron chi connectivity index (χ2n) is 4.40. The van der Waals surface area contributed by atoms with Gasteiger partial charge in [-0.25, -0.2) is 4.79 Å². The average Bonchev–Trinajstić information content (AvgIpc) is 2.59. The summed E-state index contributed by atoms with van der Waals surface area (Å²) in [5.41, 5.74) is 0.143. The number of hydrogen-bond acceptors (Lipinski definition) is 5. The third-order valence-corrected chi connectivity index (χ3v) is 3.78. The summed E-state index contributed by atoms with van der Waals surface area (Å²) in [6.45, 7) is 1.77. The maximum Gasteiger partial charge on any atom is 0.375 e. The first-order valence-electron chi connectivity index (χ1n) is 6.32. The van der Waals surface area contributed by atoms with E-state index in [1.807, 2.05) is 0 Å². The van der Waals surface area contributed by atoms with Crippen LogP contribution in [0.25, 0.3) is 0 Å². The number of ether oxygens (including phenoxy) is 2. The highest BCUT2D eigenvalue weighted by atomic mass is 35.5. The minimum absolute atomic E-state index is 0.0695. The van der Waals surface area contributed by atoms with E-state index in [1.165, 1.54) is 12.1 Å². The van der Waals surface area contributed by atoms with Gasteiger partial charge in [0.25, 0.3) is 5.78 Å². The van der Waals surface area contributed by atoms with E-state index in [-0.39, 0.29) is 41.0 Å². The quantitative estimate of drug-likeness (QED) is 0.484. The van der Waals surface area contributed by atoms with E-state index in [2.05, 4.69) is 4.74 Å². The van der Waals surface area contributed by atoms with Crippen molar-refractivity contribution in [3.63, 3.8) is 0 Å². The fourth-order valence-electron chi connectivity index (χ4n) is 2.04. The molecule has 0 N–H and O–H groups in total. The van der Waals surface area contributed by atoms with Crippen LogP contribution in [0.1, 0.15) is 23.7 Å². The van der Waals surface area contributed by atoms with Crippen LogP contribution in [0.4, 0.5) is 0 Å². The highest BCUT2D eigenvalue weighted by Crippen LogP contribution is 2.34. The summed E-state index contributed by atoms with van der Waals surface area (Å²) in [7, 11) is 0. The lowest BCUT2D eigenvalue weighted by Crippen LogP contribution is -2.31. The monoisotopic (exact) mass is 330 g/mol. The number of Topliss-reactive ketones (excluding diaryl/α,β-unsaturated/α-hetero) is 2. The van der Waals surface area contributed by atoms with Gasteiger partial charge < -0.3 is 9.47 Å². The molecule has 0 spiro atoms. The van der Waals surface area contributed by atoms with Crippen molar-refractivity contribution in [2.75, 3.05) is 13.2 Å². The molecule has 1 aliphatic rings. The number of rotatable bonds is 3. The van der Waals surface area contributed by atoms with Crippen LogP contribution in [-0.2, 0) is 14.3 Å². The van der Waals surface area contributed by atoms with Gasteiger partial charge in [0, 0.05) is 6.07 Å². The van der Waals surface area contributed by atoms with Crippen molar-refractivity contribution in [2.24, 2.45) is 5.92 Å². The van der Waals surface area contributed by atoms with E-state index in [0.717, 1.165) is 0 Å². The maximum atomic E-state index is 12.4. The van der Waals surface area contributed by atoms with Crippen LogP contribution in [0.3, 0.4) is 0 Å². The molecule has 2 rings (SSSR count). The zero-order valence-corrected chi connectivity index (χ0v) is 12.7. The number of carbonyl (C=O) groups is 3. The third kappa shape index (κ3) is 3.19. The van der Waals surface area contributed by atoms with Gasteiger partial charge in [0.2, 0.25) is 0 Å². The summed E-state index contributed by atoms with van der Waals surface area (Å²) >= 11 is 11.8. The fourth-order valence-corrected chi connectivity index (χ4v) is 2.36. The number of ketones is 2. The normalized spacial score (nSPS) is 17.5. The molecule has 0 amide bonds. The standard InChI is InChI=1S/C14H12Cl2O5/c1-2-20-14(19)13(18)7-3-4-21-11-6-10(16)9(15)5-8(11)12(7)17/h5-7H,2-4H2,1H3. The summed E-state index contributed by atoms with van der Waals surface area (Å²) in [5.74, 6) is -3.26. The lowest BCUT2D eigenvalue weighted by Gasteiger charge is -2.10. The van der Waals surface area contributed by atoms with Gasteiger partial charge in [-0.1, -0.05) is 23.2 Å². The molecule has 1 atom stereocenters. The first-order valence-corrected chi connectivity index (χ1v) is 7.08. The summed E-state index contributed by atoms with van der Waals surface area (Å²) < 4.78 is 10.1. The Bertz CT molecular complexity index is 612. The highest BCUT2D eigenvalue weighted by Gasteiger charge is 2.36. The average molecular weight is 331 g/mol. The number of benzene rings is 1. The first kappa shape index (κ1) is 15.8. The van der Waals surface area contributed by atoms with Crippen LogP contribution >= 0.6 is 23.2 Å². The van der Waals surface area contributed by atoms with Crippen LogP contribution in [0.2, 0.25) is 10.0 Å². The number of carbonyl (C=O) groups excluding carboxylic acids is 3. The highest BCUT2D eigenvalue weighted by molar-refractivity contribution is 6.43. The second-order valence-corrected chi connectivity index (χ2v) is 5.22. The number of halogens is 2. The topological polar surface area (TPSA) is 69.7 Å². The number of fused-ring (bicyclic) bond motifs is 1. The molecule has 1 unspecified atom stereocenters. The van der Waals surface area contributed by atoms with Gasteiger partial charge in [0.15, 0.2) is 5.78 Å². The van der Waals surface area contributed by atoms with Gasteiger partial charge in [0.1, 0.15) is 5.75 Å². The zero-order valence-electron chi connectivity index (χ0n) is 11.2. The molecule has 1 aromatic carbocycles. The van der Waals surface area contributed by atoms with Crippen molar-refractivity contribution in [1.29, 1.82) is 0 Å². The zero-order chi connectivity index (χ0) is 15.6. The molecule has 112 valence electrons. The van der Waals surface area contributed by atoms with E-state index >= 15 is 0 Å². The Balaban J connectivity index is 2.35. The molecule has 0 aliphatic carbocycles. The van der Waals surface area contributed by atoms with E-state index in [4.69, 9.17) is 27.9 Å². The number of esters is 1. The van der Waals surface area contributed by atoms with E-state index in [0.29, 0.717) is 0 Å². The molecule has 0 saturated heterocycles. The Kier molecular flexibility index (Phi) is 4.85.